The van der Waals surface area contributed by atoms with Crippen LogP contribution in [-0.4, -0.2) is 29.1 Å². The summed E-state index contributed by atoms with van der Waals surface area (Å²) in [6.45, 7) is 3.88. The number of hydrogen-bond acceptors (Lipinski definition) is 4. The molecule has 0 radical (unpaired) electrons. The zero-order valence-corrected chi connectivity index (χ0v) is 11.1. The number of anilines is 1. The molecule has 1 atom stereocenters. The van der Waals surface area contributed by atoms with Crippen molar-refractivity contribution in [3.63, 3.8) is 0 Å². The Balaban J connectivity index is 1.80. The Morgan fingerprint density at radius 3 is 2.37 bits per heavy atom. The summed E-state index contributed by atoms with van der Waals surface area (Å²) in [6.07, 6.45) is 4.79. The molecule has 1 aliphatic rings. The number of aromatic nitrogens is 2. The summed E-state index contributed by atoms with van der Waals surface area (Å²) in [7, 11) is 0. The maximum absolute atomic E-state index is 5.90. The largest absolute Gasteiger partial charge is 0.339 e. The molecule has 4 heteroatoms. The zero-order valence-electron chi connectivity index (χ0n) is 11.1. The third-order valence-corrected chi connectivity index (χ3v) is 3.53. The molecule has 2 heterocycles. The second-order valence-electron chi connectivity index (χ2n) is 5.13. The van der Waals surface area contributed by atoms with Gasteiger partial charge < -0.3 is 10.6 Å². The normalized spacial score (nSPS) is 18.8. The van der Waals surface area contributed by atoms with Gasteiger partial charge in [-0.1, -0.05) is 29.8 Å². The number of benzene rings is 1. The van der Waals surface area contributed by atoms with Gasteiger partial charge in [0.2, 0.25) is 5.95 Å². The maximum atomic E-state index is 5.90. The van der Waals surface area contributed by atoms with Crippen molar-refractivity contribution in [1.82, 2.24) is 9.97 Å². The first-order valence-corrected chi connectivity index (χ1v) is 6.62. The Morgan fingerprint density at radius 2 is 1.79 bits per heavy atom. The smallest absolute Gasteiger partial charge is 0.225 e. The molecule has 1 aromatic heterocycles. The molecule has 98 valence electrons. The van der Waals surface area contributed by atoms with Gasteiger partial charge in [-0.15, -0.1) is 0 Å². The molecule has 0 saturated carbocycles. The lowest BCUT2D eigenvalue weighted by atomic mass is 10.1. The van der Waals surface area contributed by atoms with Gasteiger partial charge in [-0.3, -0.25) is 0 Å². The van der Waals surface area contributed by atoms with Crippen LogP contribution in [0, 0.1) is 6.92 Å². The van der Waals surface area contributed by atoms with Crippen LogP contribution in [0.15, 0.2) is 36.7 Å². The second kappa shape index (κ2) is 4.97. The molecule has 3 rings (SSSR count). The highest BCUT2D eigenvalue weighted by Gasteiger charge is 2.20. The predicted molar refractivity (Wildman–Crippen MR) is 77.0 cm³/mol. The van der Waals surface area contributed by atoms with Gasteiger partial charge in [-0.25, -0.2) is 9.97 Å². The highest BCUT2D eigenvalue weighted by Crippen LogP contribution is 2.20. The van der Waals surface area contributed by atoms with Crippen molar-refractivity contribution in [2.45, 2.75) is 19.4 Å². The molecule has 1 aliphatic heterocycles. The van der Waals surface area contributed by atoms with E-state index in [1.165, 1.54) is 5.56 Å². The van der Waals surface area contributed by atoms with E-state index in [2.05, 4.69) is 46.1 Å². The Morgan fingerprint density at radius 1 is 1.11 bits per heavy atom. The molecule has 1 aromatic carbocycles. The molecule has 1 fully saturated rings. The van der Waals surface area contributed by atoms with Crippen LogP contribution in [0.3, 0.4) is 0 Å². The van der Waals surface area contributed by atoms with Crippen LogP contribution < -0.4 is 10.6 Å². The molecular weight excluding hydrogens is 236 g/mol. The number of nitrogens with two attached hydrogens (primary N) is 1. The van der Waals surface area contributed by atoms with Crippen molar-refractivity contribution in [2.24, 2.45) is 5.73 Å². The number of nitrogens with zero attached hydrogens (tertiary/aromatic N) is 3. The van der Waals surface area contributed by atoms with E-state index >= 15 is 0 Å². The summed E-state index contributed by atoms with van der Waals surface area (Å²) in [5, 5.41) is 0. The fourth-order valence-electron chi connectivity index (χ4n) is 2.35. The molecule has 19 heavy (non-hydrogen) atoms. The Labute approximate surface area is 113 Å². The van der Waals surface area contributed by atoms with Gasteiger partial charge in [-0.2, -0.15) is 0 Å². The predicted octanol–water partition coefficient (Wildman–Crippen LogP) is 1.99. The molecule has 0 aliphatic carbocycles. The van der Waals surface area contributed by atoms with Crippen molar-refractivity contribution in [3.05, 3.63) is 42.2 Å². The molecule has 1 unspecified atom stereocenters. The SMILES string of the molecule is Cc1ccc(-c2cnc(N3CCC(N)C3)nc2)cc1. The maximum Gasteiger partial charge on any atom is 0.225 e. The van der Waals surface area contributed by atoms with Crippen LogP contribution in [0.2, 0.25) is 0 Å². The molecule has 1 saturated heterocycles. The molecule has 2 aromatic rings. The lowest BCUT2D eigenvalue weighted by Crippen LogP contribution is -2.27. The van der Waals surface area contributed by atoms with Gasteiger partial charge in [0.25, 0.3) is 0 Å². The van der Waals surface area contributed by atoms with Crippen molar-refractivity contribution < 1.29 is 0 Å². The van der Waals surface area contributed by atoms with E-state index in [0.717, 1.165) is 36.6 Å². The quantitative estimate of drug-likeness (QED) is 0.890. The fourth-order valence-corrected chi connectivity index (χ4v) is 2.35. The molecule has 2 N–H and O–H groups in total. The van der Waals surface area contributed by atoms with Crippen molar-refractivity contribution >= 4 is 5.95 Å². The van der Waals surface area contributed by atoms with Gasteiger partial charge in [0.05, 0.1) is 0 Å². The summed E-state index contributed by atoms with van der Waals surface area (Å²) < 4.78 is 0. The van der Waals surface area contributed by atoms with Crippen molar-refractivity contribution in [1.29, 1.82) is 0 Å². The zero-order chi connectivity index (χ0) is 13.2. The Kier molecular flexibility index (Phi) is 3.17. The summed E-state index contributed by atoms with van der Waals surface area (Å²) in [5.41, 5.74) is 9.35. The van der Waals surface area contributed by atoms with Gasteiger partial charge in [-0.05, 0) is 18.9 Å². The van der Waals surface area contributed by atoms with Crippen LogP contribution in [0.5, 0.6) is 0 Å². The first-order valence-electron chi connectivity index (χ1n) is 6.62. The molecule has 0 amide bonds. The van der Waals surface area contributed by atoms with E-state index in [-0.39, 0.29) is 6.04 Å². The van der Waals surface area contributed by atoms with Gasteiger partial charge in [0.15, 0.2) is 0 Å². The minimum absolute atomic E-state index is 0.250. The second-order valence-corrected chi connectivity index (χ2v) is 5.13. The highest BCUT2D eigenvalue weighted by atomic mass is 15.3. The minimum Gasteiger partial charge on any atom is -0.339 e. The molecular formula is C15H18N4. The fraction of sp³-hybridized carbons (Fsp3) is 0.333. The Hall–Kier alpha value is -1.94. The van der Waals surface area contributed by atoms with Crippen LogP contribution in [0.4, 0.5) is 5.95 Å². The van der Waals surface area contributed by atoms with Crippen molar-refractivity contribution in [3.8, 4) is 11.1 Å². The van der Waals surface area contributed by atoms with E-state index in [1.54, 1.807) is 0 Å². The lowest BCUT2D eigenvalue weighted by molar-refractivity contribution is 0.750. The van der Waals surface area contributed by atoms with E-state index in [1.807, 2.05) is 12.4 Å². The first kappa shape index (κ1) is 12.1. The van der Waals surface area contributed by atoms with Crippen LogP contribution in [0.1, 0.15) is 12.0 Å². The lowest BCUT2D eigenvalue weighted by Gasteiger charge is -2.15. The number of aryl methyl sites for hydroxylation is 1. The number of hydrogen-bond donors (Lipinski definition) is 1. The molecule has 0 bridgehead atoms. The van der Waals surface area contributed by atoms with Gasteiger partial charge in [0.1, 0.15) is 0 Å². The highest BCUT2D eigenvalue weighted by molar-refractivity contribution is 5.62. The first-order chi connectivity index (χ1) is 9.22. The monoisotopic (exact) mass is 254 g/mol. The summed E-state index contributed by atoms with van der Waals surface area (Å²) in [6, 6.07) is 8.64. The third-order valence-electron chi connectivity index (χ3n) is 3.53. The van der Waals surface area contributed by atoms with Gasteiger partial charge in [0, 0.05) is 37.1 Å². The standard InChI is InChI=1S/C15H18N4/c1-11-2-4-12(5-3-11)13-8-17-15(18-9-13)19-7-6-14(16)10-19/h2-5,8-9,14H,6-7,10,16H2,1H3. The van der Waals surface area contributed by atoms with E-state index in [9.17, 15) is 0 Å². The van der Waals surface area contributed by atoms with Crippen molar-refractivity contribution in [2.75, 3.05) is 18.0 Å². The average molecular weight is 254 g/mol. The number of rotatable bonds is 2. The van der Waals surface area contributed by atoms with E-state index in [4.69, 9.17) is 5.73 Å². The van der Waals surface area contributed by atoms with E-state index in [0.29, 0.717) is 0 Å². The molecule has 0 spiro atoms. The minimum atomic E-state index is 0.250. The summed E-state index contributed by atoms with van der Waals surface area (Å²) in [4.78, 5) is 11.0. The summed E-state index contributed by atoms with van der Waals surface area (Å²) >= 11 is 0. The van der Waals surface area contributed by atoms with Crippen LogP contribution >= 0.6 is 0 Å². The average Bonchev–Trinajstić information content (AvgIpc) is 2.87. The van der Waals surface area contributed by atoms with Crippen LogP contribution in [-0.2, 0) is 0 Å². The van der Waals surface area contributed by atoms with Gasteiger partial charge >= 0.3 is 0 Å². The Bertz CT molecular complexity index is 547. The topological polar surface area (TPSA) is 55.0 Å². The summed E-state index contributed by atoms with van der Waals surface area (Å²) in [5.74, 6) is 0.781. The van der Waals surface area contributed by atoms with E-state index < -0.39 is 0 Å². The third kappa shape index (κ3) is 2.58. The molecule has 4 nitrogen and oxygen atoms in total. The van der Waals surface area contributed by atoms with Crippen LogP contribution in [0.25, 0.3) is 11.1 Å².